The Labute approximate surface area is 178 Å². The van der Waals surface area contributed by atoms with Gasteiger partial charge in [-0.05, 0) is 66.3 Å². The van der Waals surface area contributed by atoms with E-state index in [-0.39, 0.29) is 36.3 Å². The molecule has 0 spiro atoms. The first-order chi connectivity index (χ1) is 14.9. The lowest BCUT2D eigenvalue weighted by atomic mass is 9.77. The van der Waals surface area contributed by atoms with Gasteiger partial charge in [0.25, 0.3) is 0 Å². The van der Waals surface area contributed by atoms with E-state index >= 15 is 0 Å². The molecule has 1 aliphatic carbocycles. The Hall–Kier alpha value is -3.35. The predicted octanol–water partition coefficient (Wildman–Crippen LogP) is 4.95. The summed E-state index contributed by atoms with van der Waals surface area (Å²) in [5, 5.41) is 15.0. The van der Waals surface area contributed by atoms with Gasteiger partial charge in [-0.3, -0.25) is 9.59 Å². The number of carbonyl (C=O) groups excluding carboxylic acids is 1. The van der Waals surface area contributed by atoms with Gasteiger partial charge in [0.1, 0.15) is 11.6 Å². The standard InChI is InChI=1S/C24H22F2N2O3/c25-18-8-4-15(5-9-18)14-17-2-1-3-20-23(17)27-28(21(29)12-13-22(30)31)24(20)16-6-10-19(26)11-7-16/h4-11,14,20,24H,1-3,12-13H2,(H,30,31)/b17-14-/t20-,24+/m0/s1. The predicted molar refractivity (Wildman–Crippen MR) is 112 cm³/mol. The number of benzene rings is 2. The van der Waals surface area contributed by atoms with Crippen LogP contribution >= 0.6 is 0 Å². The molecule has 2 aliphatic rings. The second kappa shape index (κ2) is 8.79. The first kappa shape index (κ1) is 20.9. The van der Waals surface area contributed by atoms with Gasteiger partial charge in [0.15, 0.2) is 0 Å². The lowest BCUT2D eigenvalue weighted by Crippen LogP contribution is -2.32. The first-order valence-corrected chi connectivity index (χ1v) is 10.3. The highest BCUT2D eigenvalue weighted by Crippen LogP contribution is 2.44. The summed E-state index contributed by atoms with van der Waals surface area (Å²) >= 11 is 0. The number of hydrazone groups is 1. The zero-order valence-corrected chi connectivity index (χ0v) is 16.8. The maximum Gasteiger partial charge on any atom is 0.303 e. The molecule has 4 rings (SSSR count). The molecule has 2 atom stereocenters. The molecule has 2 aromatic carbocycles. The number of allylic oxidation sites excluding steroid dienone is 1. The van der Waals surface area contributed by atoms with Gasteiger partial charge in [0, 0.05) is 12.3 Å². The molecule has 1 heterocycles. The van der Waals surface area contributed by atoms with Crippen molar-refractivity contribution in [2.24, 2.45) is 11.0 Å². The van der Waals surface area contributed by atoms with Crippen molar-refractivity contribution < 1.29 is 23.5 Å². The number of rotatable bonds is 5. The number of hydrogen-bond acceptors (Lipinski definition) is 3. The van der Waals surface area contributed by atoms with Gasteiger partial charge in [0.2, 0.25) is 5.91 Å². The van der Waals surface area contributed by atoms with Crippen LogP contribution < -0.4 is 0 Å². The number of carbonyl (C=O) groups is 2. The smallest absolute Gasteiger partial charge is 0.303 e. The number of carboxylic acids is 1. The van der Waals surface area contributed by atoms with E-state index in [1.807, 2.05) is 6.08 Å². The Balaban J connectivity index is 1.70. The Morgan fingerprint density at radius 2 is 1.68 bits per heavy atom. The van der Waals surface area contributed by atoms with E-state index in [0.29, 0.717) is 0 Å². The highest BCUT2D eigenvalue weighted by atomic mass is 19.1. The fourth-order valence-electron chi connectivity index (χ4n) is 4.29. The van der Waals surface area contributed by atoms with Gasteiger partial charge >= 0.3 is 5.97 Å². The van der Waals surface area contributed by atoms with E-state index < -0.39 is 12.0 Å². The first-order valence-electron chi connectivity index (χ1n) is 10.3. The van der Waals surface area contributed by atoms with Crippen LogP contribution in [-0.4, -0.2) is 27.7 Å². The molecule has 1 fully saturated rings. The van der Waals surface area contributed by atoms with Gasteiger partial charge in [-0.15, -0.1) is 0 Å². The summed E-state index contributed by atoms with van der Waals surface area (Å²) in [5.74, 6) is -2.17. The summed E-state index contributed by atoms with van der Waals surface area (Å²) in [7, 11) is 0. The van der Waals surface area contributed by atoms with Crippen molar-refractivity contribution in [1.82, 2.24) is 5.01 Å². The van der Waals surface area contributed by atoms with Crippen LogP contribution in [0.4, 0.5) is 8.78 Å². The lowest BCUT2D eigenvalue weighted by molar-refractivity contribution is -0.141. The Kier molecular flexibility index (Phi) is 5.93. The van der Waals surface area contributed by atoms with Crippen molar-refractivity contribution in [3.8, 4) is 0 Å². The van der Waals surface area contributed by atoms with Crippen LogP contribution in [0.15, 0.2) is 59.2 Å². The molecular formula is C24H22F2N2O3. The van der Waals surface area contributed by atoms with Crippen molar-refractivity contribution in [2.75, 3.05) is 0 Å². The molecule has 1 aliphatic heterocycles. The van der Waals surface area contributed by atoms with Crippen LogP contribution in [0.5, 0.6) is 0 Å². The fourth-order valence-corrected chi connectivity index (χ4v) is 4.29. The third-order valence-electron chi connectivity index (χ3n) is 5.73. The molecule has 160 valence electrons. The van der Waals surface area contributed by atoms with E-state index in [2.05, 4.69) is 5.10 Å². The number of amides is 1. The van der Waals surface area contributed by atoms with Crippen LogP contribution in [0.3, 0.4) is 0 Å². The van der Waals surface area contributed by atoms with Crippen molar-refractivity contribution in [2.45, 2.75) is 38.1 Å². The van der Waals surface area contributed by atoms with E-state index in [1.165, 1.54) is 29.3 Å². The number of halogens is 2. The summed E-state index contributed by atoms with van der Waals surface area (Å²) in [5.41, 5.74) is 3.36. The normalized spacial score (nSPS) is 21.7. The summed E-state index contributed by atoms with van der Waals surface area (Å²) in [6.45, 7) is 0. The van der Waals surface area contributed by atoms with E-state index in [4.69, 9.17) is 5.11 Å². The molecule has 0 radical (unpaired) electrons. The average Bonchev–Trinajstić information content (AvgIpc) is 3.15. The summed E-state index contributed by atoms with van der Waals surface area (Å²) in [6.07, 6.45) is 4.00. The molecule has 0 saturated heterocycles. The maximum atomic E-state index is 13.5. The molecule has 0 aromatic heterocycles. The van der Waals surface area contributed by atoms with Gasteiger partial charge < -0.3 is 5.11 Å². The molecule has 7 heteroatoms. The van der Waals surface area contributed by atoms with Crippen molar-refractivity contribution in [3.63, 3.8) is 0 Å². The quantitative estimate of drug-likeness (QED) is 0.738. The Morgan fingerprint density at radius 1 is 1.03 bits per heavy atom. The molecule has 31 heavy (non-hydrogen) atoms. The highest BCUT2D eigenvalue weighted by Gasteiger charge is 2.43. The maximum absolute atomic E-state index is 13.5. The van der Waals surface area contributed by atoms with E-state index in [9.17, 15) is 18.4 Å². The monoisotopic (exact) mass is 424 g/mol. The van der Waals surface area contributed by atoms with Crippen LogP contribution in [-0.2, 0) is 9.59 Å². The van der Waals surface area contributed by atoms with E-state index in [1.54, 1.807) is 24.3 Å². The third-order valence-corrected chi connectivity index (χ3v) is 5.73. The molecule has 1 amide bonds. The molecule has 0 unspecified atom stereocenters. The Morgan fingerprint density at radius 3 is 2.32 bits per heavy atom. The number of fused-ring (bicyclic) bond motifs is 1. The van der Waals surface area contributed by atoms with Gasteiger partial charge in [-0.1, -0.05) is 24.3 Å². The minimum Gasteiger partial charge on any atom is -0.481 e. The lowest BCUT2D eigenvalue weighted by Gasteiger charge is -2.29. The van der Waals surface area contributed by atoms with Crippen LogP contribution in [0.25, 0.3) is 6.08 Å². The molecule has 0 bridgehead atoms. The molecular weight excluding hydrogens is 402 g/mol. The molecule has 5 nitrogen and oxygen atoms in total. The van der Waals surface area contributed by atoms with Crippen molar-refractivity contribution in [1.29, 1.82) is 0 Å². The molecule has 2 aromatic rings. The van der Waals surface area contributed by atoms with E-state index in [0.717, 1.165) is 41.7 Å². The number of nitrogens with zero attached hydrogens (tertiary/aromatic N) is 2. The Bertz CT molecular complexity index is 1050. The SMILES string of the molecule is O=C(O)CCC(=O)N1N=C2/C(=C\c3ccc(F)cc3)CCC[C@@H]2[C@H]1c1ccc(F)cc1. The number of carboxylic acid groups (broad SMARTS) is 1. The molecule has 1 saturated carbocycles. The third kappa shape index (κ3) is 4.55. The van der Waals surface area contributed by atoms with Crippen LogP contribution in [0, 0.1) is 17.6 Å². The minimum absolute atomic E-state index is 0.0697. The van der Waals surface area contributed by atoms with Crippen molar-refractivity contribution in [3.05, 3.63) is 76.9 Å². The summed E-state index contributed by atoms with van der Waals surface area (Å²) in [6, 6.07) is 11.8. The largest absolute Gasteiger partial charge is 0.481 e. The van der Waals surface area contributed by atoms with Gasteiger partial charge in [-0.2, -0.15) is 5.10 Å². The average molecular weight is 424 g/mol. The number of hydrogen-bond donors (Lipinski definition) is 1. The van der Waals surface area contributed by atoms with Crippen LogP contribution in [0.2, 0.25) is 0 Å². The van der Waals surface area contributed by atoms with Crippen LogP contribution in [0.1, 0.15) is 49.3 Å². The fraction of sp³-hybridized carbons (Fsp3) is 0.292. The van der Waals surface area contributed by atoms with Crippen molar-refractivity contribution >= 4 is 23.7 Å². The minimum atomic E-state index is -1.05. The highest BCUT2D eigenvalue weighted by molar-refractivity contribution is 6.08. The zero-order valence-electron chi connectivity index (χ0n) is 16.8. The topological polar surface area (TPSA) is 70.0 Å². The van der Waals surface area contributed by atoms with Gasteiger partial charge in [-0.25, -0.2) is 13.8 Å². The number of aliphatic carboxylic acids is 1. The molecule has 1 N–H and O–H groups in total. The van der Waals surface area contributed by atoms with Gasteiger partial charge in [0.05, 0.1) is 18.2 Å². The second-order valence-electron chi connectivity index (χ2n) is 7.83. The summed E-state index contributed by atoms with van der Waals surface area (Å²) < 4.78 is 26.8. The second-order valence-corrected chi connectivity index (χ2v) is 7.83. The summed E-state index contributed by atoms with van der Waals surface area (Å²) in [4.78, 5) is 23.8. The zero-order chi connectivity index (χ0) is 22.0.